The molecule has 0 aliphatic carbocycles. The first-order valence-electron chi connectivity index (χ1n) is 5.64. The first kappa shape index (κ1) is 15.6. The predicted molar refractivity (Wildman–Crippen MR) is 68.4 cm³/mol. The number of carbonyl (C=O) groups excluding carboxylic acids is 1. The molecular formula is C13H12ClN3O3. The third kappa shape index (κ3) is 4.03. The van der Waals surface area contributed by atoms with E-state index in [1.165, 1.54) is 12.1 Å². The molecule has 0 atom stereocenters. The fourth-order valence-electron chi connectivity index (χ4n) is 1.63. The molecule has 20 heavy (non-hydrogen) atoms. The van der Waals surface area contributed by atoms with E-state index in [0.717, 1.165) is 0 Å². The standard InChI is InChI=1S/C13H11N3O3.ClH/c17-13(10-15-8-4-1-5-9-15)14-11-6-2-3-7-12(11)16(18)19;/h1-9H,10H2;1H. The third-order valence-electron chi connectivity index (χ3n) is 2.48. The molecule has 1 aromatic carbocycles. The maximum atomic E-state index is 11.8. The Hall–Kier alpha value is -2.47. The highest BCUT2D eigenvalue weighted by Crippen LogP contribution is 2.22. The molecule has 0 fully saturated rings. The number of nitrogens with zero attached hydrogens (tertiary/aromatic N) is 2. The Bertz CT molecular complexity index is 605. The number of nitro benzene ring substituents is 1. The fourth-order valence-corrected chi connectivity index (χ4v) is 1.63. The summed E-state index contributed by atoms with van der Waals surface area (Å²) in [4.78, 5) is 22.1. The minimum absolute atomic E-state index is 0. The predicted octanol–water partition coefficient (Wildman–Crippen LogP) is -1.47. The first-order valence-corrected chi connectivity index (χ1v) is 5.64. The molecule has 0 unspecified atom stereocenters. The summed E-state index contributed by atoms with van der Waals surface area (Å²) in [6.07, 6.45) is 3.50. The molecule has 0 spiro atoms. The van der Waals surface area contributed by atoms with E-state index in [1.54, 1.807) is 41.2 Å². The zero-order valence-electron chi connectivity index (χ0n) is 10.4. The second-order valence-electron chi connectivity index (χ2n) is 3.87. The minimum Gasteiger partial charge on any atom is -1.00 e. The van der Waals surface area contributed by atoms with Gasteiger partial charge in [0.25, 0.3) is 11.6 Å². The van der Waals surface area contributed by atoms with Crippen LogP contribution in [0.4, 0.5) is 11.4 Å². The molecule has 0 aliphatic rings. The SMILES string of the molecule is O=C(C[n+]1ccccc1)Nc1ccccc1[N+](=O)[O-].[Cl-]. The van der Waals surface area contributed by atoms with E-state index in [-0.39, 0.29) is 36.2 Å². The number of carbonyl (C=O) groups is 1. The summed E-state index contributed by atoms with van der Waals surface area (Å²) in [5.74, 6) is -0.314. The molecule has 104 valence electrons. The molecular weight excluding hydrogens is 282 g/mol. The normalized spacial score (nSPS) is 9.40. The summed E-state index contributed by atoms with van der Waals surface area (Å²) in [7, 11) is 0. The number of nitro groups is 1. The topological polar surface area (TPSA) is 76.1 Å². The Morgan fingerprint density at radius 2 is 1.80 bits per heavy atom. The summed E-state index contributed by atoms with van der Waals surface area (Å²) in [6, 6.07) is 11.5. The van der Waals surface area contributed by atoms with Crippen LogP contribution in [0, 0.1) is 10.1 Å². The van der Waals surface area contributed by atoms with Crippen molar-refractivity contribution in [3.8, 4) is 0 Å². The van der Waals surface area contributed by atoms with E-state index in [4.69, 9.17) is 0 Å². The van der Waals surface area contributed by atoms with Crippen LogP contribution in [0.15, 0.2) is 54.9 Å². The van der Waals surface area contributed by atoms with Gasteiger partial charge >= 0.3 is 0 Å². The maximum Gasteiger partial charge on any atom is 0.292 e. The number of rotatable bonds is 4. The molecule has 1 N–H and O–H groups in total. The Kier molecular flexibility index (Phi) is 5.61. The lowest BCUT2D eigenvalue weighted by molar-refractivity contribution is -0.684. The lowest BCUT2D eigenvalue weighted by Gasteiger charge is -2.03. The third-order valence-corrected chi connectivity index (χ3v) is 2.48. The Morgan fingerprint density at radius 1 is 1.15 bits per heavy atom. The van der Waals surface area contributed by atoms with Crippen molar-refractivity contribution in [2.75, 3.05) is 5.32 Å². The van der Waals surface area contributed by atoms with Gasteiger partial charge < -0.3 is 17.7 Å². The van der Waals surface area contributed by atoms with Crippen molar-refractivity contribution < 1.29 is 26.7 Å². The summed E-state index contributed by atoms with van der Waals surface area (Å²) in [5, 5.41) is 13.3. The number of nitrogens with one attached hydrogen (secondary N) is 1. The summed E-state index contributed by atoms with van der Waals surface area (Å²) in [5.41, 5.74) is 0.0861. The van der Waals surface area contributed by atoms with Crippen molar-refractivity contribution >= 4 is 17.3 Å². The molecule has 7 heteroatoms. The highest BCUT2D eigenvalue weighted by atomic mass is 35.5. The molecule has 1 aromatic heterocycles. The van der Waals surface area contributed by atoms with Gasteiger partial charge in [-0.15, -0.1) is 0 Å². The van der Waals surface area contributed by atoms with E-state index in [1.807, 2.05) is 6.07 Å². The summed E-state index contributed by atoms with van der Waals surface area (Å²) in [6.45, 7) is 0.104. The van der Waals surface area contributed by atoms with Crippen LogP contribution < -0.4 is 22.3 Å². The highest BCUT2D eigenvalue weighted by Gasteiger charge is 2.16. The molecule has 6 nitrogen and oxygen atoms in total. The number of hydrogen-bond acceptors (Lipinski definition) is 3. The molecule has 0 bridgehead atoms. The van der Waals surface area contributed by atoms with E-state index < -0.39 is 4.92 Å². The number of pyridine rings is 1. The second kappa shape index (κ2) is 7.20. The molecule has 2 aromatic rings. The van der Waals surface area contributed by atoms with E-state index in [9.17, 15) is 14.9 Å². The van der Waals surface area contributed by atoms with Gasteiger partial charge in [-0.2, -0.15) is 4.57 Å². The molecule has 1 heterocycles. The number of hydrogen-bond donors (Lipinski definition) is 1. The Morgan fingerprint density at radius 3 is 2.45 bits per heavy atom. The van der Waals surface area contributed by atoms with Crippen molar-refractivity contribution in [3.05, 3.63) is 65.0 Å². The molecule has 0 saturated carbocycles. The molecule has 1 amide bonds. The number of anilines is 1. The van der Waals surface area contributed by atoms with E-state index in [0.29, 0.717) is 0 Å². The van der Waals surface area contributed by atoms with Crippen LogP contribution in [0.25, 0.3) is 0 Å². The molecule has 0 aliphatic heterocycles. The van der Waals surface area contributed by atoms with Crippen LogP contribution in [0.2, 0.25) is 0 Å². The summed E-state index contributed by atoms with van der Waals surface area (Å²) < 4.78 is 1.68. The van der Waals surface area contributed by atoms with Gasteiger partial charge in [0.05, 0.1) is 4.92 Å². The van der Waals surface area contributed by atoms with Crippen molar-refractivity contribution in [1.82, 2.24) is 0 Å². The van der Waals surface area contributed by atoms with Crippen LogP contribution in [-0.4, -0.2) is 10.8 Å². The van der Waals surface area contributed by atoms with Gasteiger partial charge in [0.1, 0.15) is 5.69 Å². The monoisotopic (exact) mass is 293 g/mol. The number of halogens is 1. The quantitative estimate of drug-likeness (QED) is 0.425. The molecule has 0 saturated heterocycles. The van der Waals surface area contributed by atoms with Crippen LogP contribution in [0.3, 0.4) is 0 Å². The average Bonchev–Trinajstić information content (AvgIpc) is 2.40. The smallest absolute Gasteiger partial charge is 0.292 e. The van der Waals surface area contributed by atoms with Crippen molar-refractivity contribution in [2.24, 2.45) is 0 Å². The largest absolute Gasteiger partial charge is 1.00 e. The van der Waals surface area contributed by atoms with Crippen LogP contribution >= 0.6 is 0 Å². The lowest BCUT2D eigenvalue weighted by Crippen LogP contribution is -3.00. The zero-order chi connectivity index (χ0) is 13.7. The minimum atomic E-state index is -0.523. The van der Waals surface area contributed by atoms with Crippen LogP contribution in [0.1, 0.15) is 0 Å². The van der Waals surface area contributed by atoms with Crippen molar-refractivity contribution in [2.45, 2.75) is 6.54 Å². The fraction of sp³-hybridized carbons (Fsp3) is 0.0769. The lowest BCUT2D eigenvalue weighted by atomic mass is 10.2. The average molecular weight is 294 g/mol. The van der Waals surface area contributed by atoms with Crippen LogP contribution in [0.5, 0.6) is 0 Å². The van der Waals surface area contributed by atoms with Crippen molar-refractivity contribution in [1.29, 1.82) is 0 Å². The molecule has 2 rings (SSSR count). The number of benzene rings is 1. The first-order chi connectivity index (χ1) is 9.16. The zero-order valence-corrected chi connectivity index (χ0v) is 11.2. The highest BCUT2D eigenvalue weighted by molar-refractivity contribution is 5.92. The van der Waals surface area contributed by atoms with Gasteiger partial charge in [-0.25, -0.2) is 0 Å². The Balaban J connectivity index is 0.00000200. The van der Waals surface area contributed by atoms with Gasteiger partial charge in [-0.05, 0) is 6.07 Å². The number of amides is 1. The second-order valence-corrected chi connectivity index (χ2v) is 3.87. The maximum absolute atomic E-state index is 11.8. The molecule has 0 radical (unpaired) electrons. The van der Waals surface area contributed by atoms with Gasteiger partial charge in [-0.1, -0.05) is 18.2 Å². The van der Waals surface area contributed by atoms with Crippen LogP contribution in [-0.2, 0) is 11.3 Å². The van der Waals surface area contributed by atoms with Gasteiger partial charge in [0, 0.05) is 18.2 Å². The number of para-hydroxylation sites is 2. The Labute approximate surface area is 121 Å². The number of aromatic nitrogens is 1. The van der Waals surface area contributed by atoms with Gasteiger partial charge in [0.15, 0.2) is 12.4 Å². The van der Waals surface area contributed by atoms with E-state index in [2.05, 4.69) is 5.32 Å². The van der Waals surface area contributed by atoms with Gasteiger partial charge in [0.2, 0.25) is 6.54 Å². The van der Waals surface area contributed by atoms with Crippen molar-refractivity contribution in [3.63, 3.8) is 0 Å². The summed E-state index contributed by atoms with van der Waals surface area (Å²) >= 11 is 0. The van der Waals surface area contributed by atoms with Gasteiger partial charge in [-0.3, -0.25) is 14.9 Å². The van der Waals surface area contributed by atoms with E-state index >= 15 is 0 Å².